The van der Waals surface area contributed by atoms with Gasteiger partial charge in [-0.25, -0.2) is 0 Å². The van der Waals surface area contributed by atoms with E-state index in [1.807, 2.05) is 13.8 Å². The highest BCUT2D eigenvalue weighted by molar-refractivity contribution is 8.12. The molecule has 0 radical (unpaired) electrons. The van der Waals surface area contributed by atoms with Gasteiger partial charge in [-0.1, -0.05) is 41.5 Å². The summed E-state index contributed by atoms with van der Waals surface area (Å²) in [6.07, 6.45) is 0.450. The molecule has 12 heteroatoms. The normalized spacial score (nSPS) is 32.2. The van der Waals surface area contributed by atoms with Crippen molar-refractivity contribution in [2.45, 2.75) is 47.2 Å². The quantitative estimate of drug-likeness (QED) is 0.444. The fourth-order valence-electron chi connectivity index (χ4n) is 3.05. The first kappa shape index (κ1) is 25.9. The van der Waals surface area contributed by atoms with Crippen LogP contribution in [0.1, 0.15) is 41.5 Å². The summed E-state index contributed by atoms with van der Waals surface area (Å²) in [6, 6.07) is 0. The Balaban J connectivity index is 1.80. The molecule has 0 aromatic heterocycles. The van der Waals surface area contributed by atoms with E-state index in [-0.39, 0.29) is 22.4 Å². The van der Waals surface area contributed by atoms with Gasteiger partial charge >= 0.3 is 7.60 Å². The highest BCUT2D eigenvalue weighted by atomic mass is 32.5. The third kappa shape index (κ3) is 6.67. The lowest BCUT2D eigenvalue weighted by atomic mass is 9.97. The fourth-order valence-corrected chi connectivity index (χ4v) is 14.4. The van der Waals surface area contributed by atoms with Crippen LogP contribution >= 0.6 is 20.6 Å². The van der Waals surface area contributed by atoms with Crippen LogP contribution in [0.15, 0.2) is 0 Å². The summed E-state index contributed by atoms with van der Waals surface area (Å²) in [4.78, 5) is 0. The molecule has 0 bridgehead atoms. The summed E-state index contributed by atoms with van der Waals surface area (Å²) in [5, 5.41) is 0. The fraction of sp³-hybridized carbons (Fsp3) is 1.00. The lowest BCUT2D eigenvalue weighted by Gasteiger charge is -2.44. The molecule has 1 unspecified atom stereocenters. The zero-order valence-corrected chi connectivity index (χ0v) is 23.1. The first-order valence-electron chi connectivity index (χ1n) is 10.2. The Morgan fingerprint density at radius 1 is 0.667 bits per heavy atom. The van der Waals surface area contributed by atoms with E-state index in [4.69, 9.17) is 50.8 Å². The smallest absolute Gasteiger partial charge is 0.329 e. The van der Waals surface area contributed by atoms with Gasteiger partial charge in [0.25, 0.3) is 0 Å². The van der Waals surface area contributed by atoms with E-state index in [1.54, 1.807) is 0 Å². The molecule has 0 aliphatic carbocycles. The minimum atomic E-state index is -3.35. The largest absolute Gasteiger partial charge is 0.331 e. The topological polar surface area (TPSA) is 72.5 Å². The van der Waals surface area contributed by atoms with Gasteiger partial charge in [0.15, 0.2) is 13.0 Å². The molecule has 1 atom stereocenters. The van der Waals surface area contributed by atoms with E-state index < -0.39 is 26.2 Å². The lowest BCUT2D eigenvalue weighted by molar-refractivity contribution is 0.0397. The van der Waals surface area contributed by atoms with Crippen molar-refractivity contribution in [3.8, 4) is 0 Å². The maximum absolute atomic E-state index is 13.4. The first-order valence-corrected chi connectivity index (χ1v) is 17.5. The average molecular weight is 521 g/mol. The predicted molar refractivity (Wildman–Crippen MR) is 127 cm³/mol. The molecule has 0 aromatic carbocycles. The van der Waals surface area contributed by atoms with Crippen LogP contribution < -0.4 is 0 Å². The standard InChI is InChI=1S/C18H35O7P3S2/c1-16(2)9-20-26(19,21-10-16)7-15(28(30)24-13-18(5,6)14-25-28)8-27(29)22-11-17(3,4)12-23-27/h15H,7-14H2,1-6H3. The summed E-state index contributed by atoms with van der Waals surface area (Å²) in [5.74, 6) is 0. The van der Waals surface area contributed by atoms with Crippen LogP contribution in [0.4, 0.5) is 0 Å². The molecule has 3 aliphatic heterocycles. The van der Waals surface area contributed by atoms with Crippen molar-refractivity contribution in [1.82, 2.24) is 0 Å². The van der Waals surface area contributed by atoms with E-state index in [0.717, 1.165) is 0 Å². The molecule has 3 rings (SSSR count). The Morgan fingerprint density at radius 3 is 1.47 bits per heavy atom. The van der Waals surface area contributed by atoms with Gasteiger partial charge in [0.05, 0.1) is 51.5 Å². The minimum absolute atomic E-state index is 0.0889. The van der Waals surface area contributed by atoms with Gasteiger partial charge in [0, 0.05) is 22.4 Å². The second-order valence-corrected chi connectivity index (χ2v) is 20.6. The molecule has 3 fully saturated rings. The third-order valence-corrected chi connectivity index (χ3v) is 14.5. The Morgan fingerprint density at radius 2 is 1.03 bits per heavy atom. The molecule has 3 heterocycles. The Hall–Kier alpha value is 1.29. The van der Waals surface area contributed by atoms with Gasteiger partial charge in [-0.2, -0.15) is 0 Å². The summed E-state index contributed by atoms with van der Waals surface area (Å²) < 4.78 is 49.2. The van der Waals surface area contributed by atoms with Gasteiger partial charge in [0.2, 0.25) is 0 Å². The van der Waals surface area contributed by atoms with Gasteiger partial charge < -0.3 is 27.1 Å². The van der Waals surface area contributed by atoms with Gasteiger partial charge in [-0.3, -0.25) is 4.57 Å². The zero-order valence-electron chi connectivity index (χ0n) is 18.8. The molecular formula is C18H35O7P3S2. The van der Waals surface area contributed by atoms with Crippen LogP contribution in [0.25, 0.3) is 0 Å². The molecule has 7 nitrogen and oxygen atoms in total. The van der Waals surface area contributed by atoms with Crippen molar-refractivity contribution >= 4 is 44.2 Å². The van der Waals surface area contributed by atoms with Crippen LogP contribution in [-0.4, -0.2) is 57.6 Å². The molecule has 3 aliphatic rings. The van der Waals surface area contributed by atoms with E-state index in [2.05, 4.69) is 27.7 Å². The third-order valence-electron chi connectivity index (χ3n) is 5.19. The summed E-state index contributed by atoms with van der Waals surface area (Å²) >= 11 is 11.7. The molecule has 0 aromatic rings. The molecule has 3 saturated heterocycles. The van der Waals surface area contributed by atoms with Gasteiger partial charge in [-0.05, 0) is 23.6 Å². The van der Waals surface area contributed by atoms with Crippen molar-refractivity contribution < 1.29 is 31.7 Å². The Kier molecular flexibility index (Phi) is 7.61. The molecule has 176 valence electrons. The zero-order chi connectivity index (χ0) is 22.5. The number of hydrogen-bond acceptors (Lipinski definition) is 9. The predicted octanol–water partition coefficient (Wildman–Crippen LogP) is 5.39. The van der Waals surface area contributed by atoms with Crippen LogP contribution in [-0.2, 0) is 55.3 Å². The maximum Gasteiger partial charge on any atom is 0.331 e. The van der Waals surface area contributed by atoms with Crippen molar-refractivity contribution in [1.29, 1.82) is 0 Å². The highest BCUT2D eigenvalue weighted by Gasteiger charge is 2.48. The van der Waals surface area contributed by atoms with Crippen molar-refractivity contribution in [3.05, 3.63) is 0 Å². The summed E-state index contributed by atoms with van der Waals surface area (Å²) in [7, 11) is -3.35. The Labute approximate surface area is 191 Å². The van der Waals surface area contributed by atoms with E-state index in [9.17, 15) is 4.57 Å². The Bertz CT molecular complexity index is 713. The maximum atomic E-state index is 13.4. The van der Waals surface area contributed by atoms with Crippen LogP contribution in [0.5, 0.6) is 0 Å². The van der Waals surface area contributed by atoms with Crippen molar-refractivity contribution in [2.24, 2.45) is 16.2 Å². The van der Waals surface area contributed by atoms with Crippen LogP contribution in [0.3, 0.4) is 0 Å². The number of hydrogen-bond donors (Lipinski definition) is 0. The van der Waals surface area contributed by atoms with E-state index in [1.165, 1.54) is 0 Å². The van der Waals surface area contributed by atoms with Gasteiger partial charge in [-0.15, -0.1) is 0 Å². The monoisotopic (exact) mass is 520 g/mol. The first-order chi connectivity index (χ1) is 13.6. The molecule has 0 saturated carbocycles. The van der Waals surface area contributed by atoms with Crippen molar-refractivity contribution in [2.75, 3.05) is 52.0 Å². The second kappa shape index (κ2) is 8.82. The lowest BCUT2D eigenvalue weighted by Crippen LogP contribution is -2.37. The molecule has 0 spiro atoms. The minimum Gasteiger partial charge on any atom is -0.329 e. The highest BCUT2D eigenvalue weighted by Crippen LogP contribution is 2.68. The molecule has 0 N–H and O–H groups in total. The molecular weight excluding hydrogens is 485 g/mol. The van der Waals surface area contributed by atoms with Crippen LogP contribution in [0.2, 0.25) is 0 Å². The SMILES string of the molecule is CC1(C)COP(=O)(CC(CP2(=S)OCC(C)(C)CO2)P2(=S)OCC(C)(C)CO2)OC1. The molecule has 0 amide bonds. The van der Waals surface area contributed by atoms with E-state index >= 15 is 0 Å². The van der Waals surface area contributed by atoms with Gasteiger partial charge in [0.1, 0.15) is 0 Å². The average Bonchev–Trinajstić information content (AvgIpc) is 2.64. The molecule has 30 heavy (non-hydrogen) atoms. The van der Waals surface area contributed by atoms with Crippen LogP contribution in [0, 0.1) is 16.2 Å². The van der Waals surface area contributed by atoms with Crippen molar-refractivity contribution in [3.63, 3.8) is 0 Å². The second-order valence-electron chi connectivity index (χ2n) is 10.9. The summed E-state index contributed by atoms with van der Waals surface area (Å²) in [5.41, 5.74) is -0.807. The number of rotatable bonds is 5. The summed E-state index contributed by atoms with van der Waals surface area (Å²) in [6.45, 7) is 9.65. The van der Waals surface area contributed by atoms with E-state index in [0.29, 0.717) is 45.8 Å².